The van der Waals surface area contributed by atoms with Gasteiger partial charge in [-0.25, -0.2) is 0 Å². The Balaban J connectivity index is 1.34. The van der Waals surface area contributed by atoms with Gasteiger partial charge in [-0.05, 0) is 163 Å². The van der Waals surface area contributed by atoms with Crippen molar-refractivity contribution in [1.29, 1.82) is 5.26 Å². The molecule has 0 radical (unpaired) electrons. The van der Waals surface area contributed by atoms with E-state index in [4.69, 9.17) is 0 Å². The SMILES string of the molecule is Cc1cc(C(C)(C)C)ccc1N1c2cc(C#N)cc3c2B(c2ccc4c(c2N3c2cc3c(cc2-c2ccccc2)C(C)(C)CCC3(C)C)C(C)(C)CCC4(C)C)c2sc3ccc(C(C)(C)C)cc3c21. The molecule has 1 aromatic heterocycles. The topological polar surface area (TPSA) is 30.3 Å². The summed E-state index contributed by atoms with van der Waals surface area (Å²) < 4.78 is 2.67. The molecule has 0 spiro atoms. The molecule has 350 valence electrons. The van der Waals surface area contributed by atoms with E-state index in [1.54, 1.807) is 0 Å². The Morgan fingerprint density at radius 1 is 0.565 bits per heavy atom. The van der Waals surface area contributed by atoms with E-state index in [-0.39, 0.29) is 39.2 Å². The number of fused-ring (bicyclic) bond motifs is 9. The fourth-order valence-corrected chi connectivity index (χ4v) is 14.0. The van der Waals surface area contributed by atoms with Gasteiger partial charge in [-0.2, -0.15) is 5.26 Å². The minimum atomic E-state index is -0.110. The van der Waals surface area contributed by atoms with Gasteiger partial charge in [-0.3, -0.25) is 0 Å². The van der Waals surface area contributed by atoms with E-state index in [2.05, 4.69) is 223 Å². The predicted octanol–water partition coefficient (Wildman–Crippen LogP) is 16.1. The minimum absolute atomic E-state index is 0.00116. The molecular weight excluding hydrogens is 854 g/mol. The second-order valence-electron chi connectivity index (χ2n) is 25.9. The van der Waals surface area contributed by atoms with Crippen LogP contribution in [-0.4, -0.2) is 6.71 Å². The molecule has 6 aromatic carbocycles. The lowest BCUT2D eigenvalue weighted by atomic mass is 9.35. The van der Waals surface area contributed by atoms with E-state index in [1.165, 1.54) is 92.9 Å². The summed E-state index contributed by atoms with van der Waals surface area (Å²) in [5, 5.41) is 12.6. The Hall–Kier alpha value is -5.57. The van der Waals surface area contributed by atoms with Crippen LogP contribution >= 0.6 is 11.3 Å². The summed E-state index contributed by atoms with van der Waals surface area (Å²) in [6.45, 7) is 35.8. The fraction of sp³-hybridized carbons (Fsp3) is 0.391. The fourth-order valence-electron chi connectivity index (χ4n) is 12.7. The van der Waals surface area contributed by atoms with Gasteiger partial charge >= 0.3 is 0 Å². The number of anilines is 6. The molecule has 0 saturated heterocycles. The van der Waals surface area contributed by atoms with Gasteiger partial charge in [0.25, 0.3) is 6.71 Å². The quantitative estimate of drug-likeness (QED) is 0.165. The van der Waals surface area contributed by atoms with Crippen LogP contribution in [0, 0.1) is 18.3 Å². The van der Waals surface area contributed by atoms with Crippen molar-refractivity contribution in [3.8, 4) is 17.2 Å². The number of nitrogens with zero attached hydrogens (tertiary/aromatic N) is 3. The minimum Gasteiger partial charge on any atom is -0.310 e. The Bertz CT molecular complexity index is 3340. The lowest BCUT2D eigenvalue weighted by molar-refractivity contribution is 0.332. The number of benzene rings is 6. The van der Waals surface area contributed by atoms with Crippen LogP contribution in [0.2, 0.25) is 0 Å². The van der Waals surface area contributed by atoms with Crippen LogP contribution < -0.4 is 25.5 Å². The number of nitriles is 1. The normalized spacial score (nSPS) is 18.2. The van der Waals surface area contributed by atoms with E-state index < -0.39 is 0 Å². The van der Waals surface area contributed by atoms with Crippen molar-refractivity contribution < 1.29 is 0 Å². The molecule has 2 aliphatic heterocycles. The van der Waals surface area contributed by atoms with Gasteiger partial charge in [0.2, 0.25) is 0 Å². The lowest BCUT2D eigenvalue weighted by Crippen LogP contribution is -2.61. The smallest absolute Gasteiger partial charge is 0.264 e. The highest BCUT2D eigenvalue weighted by Crippen LogP contribution is 2.58. The van der Waals surface area contributed by atoms with E-state index in [0.717, 1.165) is 42.7 Å². The Morgan fingerprint density at radius 3 is 1.74 bits per heavy atom. The maximum absolute atomic E-state index is 11.4. The number of thiophene rings is 1. The molecule has 0 fully saturated rings. The molecule has 11 rings (SSSR count). The van der Waals surface area contributed by atoms with Crippen molar-refractivity contribution in [2.45, 2.75) is 162 Å². The molecule has 0 amide bonds. The Morgan fingerprint density at radius 2 is 1.13 bits per heavy atom. The second kappa shape index (κ2) is 15.0. The Labute approximate surface area is 417 Å². The standard InChI is InChI=1S/C64H70BN3S/c1-38-31-41(59(2,3)4)21-25-49(38)67-51-32-39(37-66)33-52-55(51)65(58-56(67)44-34-42(60(5,6)7)22-26-53(44)69-58)48-24-23-45-54(64(14,15)30-29-61(45,8)9)57(48)68(52)50-36-47-46(62(10,11)27-28-63(47,12)13)35-43(50)40-19-17-16-18-20-40/h16-26,31-36H,27-30H2,1-15H3. The van der Waals surface area contributed by atoms with Crippen molar-refractivity contribution in [1.82, 2.24) is 0 Å². The van der Waals surface area contributed by atoms with E-state index in [0.29, 0.717) is 5.56 Å². The van der Waals surface area contributed by atoms with Gasteiger partial charge in [0, 0.05) is 43.2 Å². The van der Waals surface area contributed by atoms with E-state index in [1.807, 2.05) is 11.3 Å². The van der Waals surface area contributed by atoms with Crippen LogP contribution in [-0.2, 0) is 32.5 Å². The average Bonchev–Trinajstić information content (AvgIpc) is 3.67. The van der Waals surface area contributed by atoms with E-state index >= 15 is 0 Å². The summed E-state index contributed by atoms with van der Waals surface area (Å²) in [5.41, 5.74) is 22.4. The van der Waals surface area contributed by atoms with Crippen LogP contribution in [0.3, 0.4) is 0 Å². The maximum atomic E-state index is 11.4. The highest BCUT2D eigenvalue weighted by atomic mass is 32.1. The molecule has 7 aromatic rings. The van der Waals surface area contributed by atoms with Crippen LogP contribution in [0.5, 0.6) is 0 Å². The van der Waals surface area contributed by atoms with Crippen LogP contribution in [0.4, 0.5) is 34.1 Å². The third-order valence-electron chi connectivity index (χ3n) is 17.2. The number of aryl methyl sites for hydroxylation is 1. The summed E-state index contributed by atoms with van der Waals surface area (Å²) in [6.07, 6.45) is 4.49. The number of hydrogen-bond acceptors (Lipinski definition) is 4. The zero-order valence-corrected chi connectivity index (χ0v) is 44.8. The third kappa shape index (κ3) is 6.93. The zero-order valence-electron chi connectivity index (χ0n) is 44.0. The first-order valence-electron chi connectivity index (χ1n) is 25.6. The third-order valence-corrected chi connectivity index (χ3v) is 18.4. The summed E-state index contributed by atoms with van der Waals surface area (Å²) in [6, 6.07) is 42.9. The molecule has 69 heavy (non-hydrogen) atoms. The summed E-state index contributed by atoms with van der Waals surface area (Å²) in [5.74, 6) is 0. The van der Waals surface area contributed by atoms with Gasteiger partial charge in [0.15, 0.2) is 0 Å². The lowest BCUT2D eigenvalue weighted by Gasteiger charge is -2.50. The van der Waals surface area contributed by atoms with Gasteiger partial charge in [-0.1, -0.05) is 158 Å². The molecule has 0 N–H and O–H groups in total. The molecule has 0 saturated carbocycles. The highest BCUT2D eigenvalue weighted by Gasteiger charge is 2.50. The van der Waals surface area contributed by atoms with Crippen molar-refractivity contribution in [2.24, 2.45) is 0 Å². The first-order valence-corrected chi connectivity index (χ1v) is 26.4. The van der Waals surface area contributed by atoms with Gasteiger partial charge in [-0.15, -0.1) is 11.3 Å². The van der Waals surface area contributed by atoms with Crippen LogP contribution in [0.1, 0.15) is 167 Å². The van der Waals surface area contributed by atoms with Gasteiger partial charge in [0.1, 0.15) is 0 Å². The van der Waals surface area contributed by atoms with Crippen LogP contribution in [0.25, 0.3) is 21.2 Å². The molecule has 0 atom stereocenters. The predicted molar refractivity (Wildman–Crippen MR) is 299 cm³/mol. The summed E-state index contributed by atoms with van der Waals surface area (Å²) in [4.78, 5) is 5.27. The molecule has 3 heterocycles. The molecule has 0 unspecified atom stereocenters. The molecule has 0 bridgehead atoms. The average molecular weight is 924 g/mol. The van der Waals surface area contributed by atoms with Crippen molar-refractivity contribution >= 4 is 78.0 Å². The molecule has 2 aliphatic carbocycles. The van der Waals surface area contributed by atoms with Crippen molar-refractivity contribution in [2.75, 3.05) is 9.80 Å². The molecular formula is C64H70BN3S. The zero-order chi connectivity index (χ0) is 49.1. The van der Waals surface area contributed by atoms with Crippen LogP contribution in [0.15, 0.2) is 103 Å². The molecule has 5 heteroatoms. The van der Waals surface area contributed by atoms with Gasteiger partial charge < -0.3 is 9.80 Å². The van der Waals surface area contributed by atoms with Gasteiger partial charge in [0.05, 0.1) is 23.0 Å². The molecule has 3 nitrogen and oxygen atoms in total. The molecule has 4 aliphatic rings. The largest absolute Gasteiger partial charge is 0.310 e. The van der Waals surface area contributed by atoms with E-state index in [9.17, 15) is 5.26 Å². The monoisotopic (exact) mass is 924 g/mol. The second-order valence-corrected chi connectivity index (χ2v) is 27.0. The number of rotatable bonds is 3. The first kappa shape index (κ1) is 45.9. The van der Waals surface area contributed by atoms with Crippen molar-refractivity contribution in [3.05, 3.63) is 148 Å². The van der Waals surface area contributed by atoms with Crippen molar-refractivity contribution in [3.63, 3.8) is 0 Å². The summed E-state index contributed by atoms with van der Waals surface area (Å²) in [7, 11) is 0. The first-order chi connectivity index (χ1) is 32.3. The number of hydrogen-bond donors (Lipinski definition) is 0. The summed E-state index contributed by atoms with van der Waals surface area (Å²) >= 11 is 1.97. The Kier molecular flexibility index (Phi) is 9.95. The maximum Gasteiger partial charge on any atom is 0.264 e. The highest BCUT2D eigenvalue weighted by molar-refractivity contribution is 7.33.